The van der Waals surface area contributed by atoms with Gasteiger partial charge in [0.15, 0.2) is 0 Å². The molecule has 0 bridgehead atoms. The lowest BCUT2D eigenvalue weighted by Crippen LogP contribution is -2.26. The molecule has 0 radical (unpaired) electrons. The van der Waals surface area contributed by atoms with E-state index in [0.29, 0.717) is 30.5 Å². The van der Waals surface area contributed by atoms with Gasteiger partial charge in [0.1, 0.15) is 0 Å². The first-order valence-electron chi connectivity index (χ1n) is 6.48. The lowest BCUT2D eigenvalue weighted by atomic mass is 10.2. The zero-order chi connectivity index (χ0) is 15.3. The van der Waals surface area contributed by atoms with Crippen LogP contribution in [0.25, 0.3) is 0 Å². The van der Waals surface area contributed by atoms with Gasteiger partial charge in [0.25, 0.3) is 0 Å². The zero-order valence-corrected chi connectivity index (χ0v) is 13.8. The number of halogens is 1. The van der Waals surface area contributed by atoms with E-state index < -0.39 is 10.0 Å². The maximum Gasteiger partial charge on any atom is 0.241 e. The van der Waals surface area contributed by atoms with Gasteiger partial charge in [-0.1, -0.05) is 6.07 Å². The highest BCUT2D eigenvalue weighted by Gasteiger charge is 2.17. The molecule has 0 spiro atoms. The third-order valence-corrected chi connectivity index (χ3v) is 5.37. The van der Waals surface area contributed by atoms with Crippen molar-refractivity contribution in [3.05, 3.63) is 46.7 Å². The van der Waals surface area contributed by atoms with Crippen molar-refractivity contribution >= 4 is 26.0 Å². The summed E-state index contributed by atoms with van der Waals surface area (Å²) in [5.41, 5.74) is 6.40. The molecule has 0 amide bonds. The van der Waals surface area contributed by atoms with Crippen LogP contribution < -0.4 is 10.5 Å². The van der Waals surface area contributed by atoms with Gasteiger partial charge in [0, 0.05) is 36.5 Å². The van der Waals surface area contributed by atoms with Crippen LogP contribution in [0.3, 0.4) is 0 Å². The molecular weight excluding hydrogens is 356 g/mol. The summed E-state index contributed by atoms with van der Waals surface area (Å²) >= 11 is 3.28. The van der Waals surface area contributed by atoms with E-state index in [9.17, 15) is 8.42 Å². The number of rotatable bonds is 7. The molecule has 0 aliphatic rings. The largest absolute Gasteiger partial charge is 0.326 e. The number of nitrogens with zero attached hydrogens (tertiary/aromatic N) is 2. The van der Waals surface area contributed by atoms with Crippen molar-refractivity contribution in [2.75, 3.05) is 6.54 Å². The van der Waals surface area contributed by atoms with Gasteiger partial charge in [0.05, 0.1) is 4.90 Å². The predicted molar refractivity (Wildman–Crippen MR) is 84.1 cm³/mol. The lowest BCUT2D eigenvalue weighted by molar-refractivity contribution is 0.552. The second-order valence-corrected chi connectivity index (χ2v) is 7.08. The van der Waals surface area contributed by atoms with Gasteiger partial charge < -0.3 is 5.73 Å². The first kappa shape index (κ1) is 16.2. The van der Waals surface area contributed by atoms with E-state index in [0.717, 1.165) is 5.56 Å². The van der Waals surface area contributed by atoms with Crippen LogP contribution in [0.5, 0.6) is 0 Å². The van der Waals surface area contributed by atoms with Crippen molar-refractivity contribution in [2.24, 2.45) is 5.73 Å². The van der Waals surface area contributed by atoms with Crippen molar-refractivity contribution in [3.63, 3.8) is 0 Å². The third kappa shape index (κ3) is 4.37. The highest BCUT2D eigenvalue weighted by Crippen LogP contribution is 2.23. The molecule has 0 unspecified atom stereocenters. The smallest absolute Gasteiger partial charge is 0.241 e. The Balaban J connectivity index is 1.95. The van der Waals surface area contributed by atoms with Gasteiger partial charge in [-0.2, -0.15) is 5.10 Å². The molecule has 6 nitrogen and oxygen atoms in total. The Labute approximate surface area is 132 Å². The van der Waals surface area contributed by atoms with Crippen LogP contribution in [0.4, 0.5) is 0 Å². The SMILES string of the molecule is NCc1ccc(S(=O)(=O)NCCCn2cccn2)c(Br)c1. The fourth-order valence-electron chi connectivity index (χ4n) is 1.85. The molecule has 2 rings (SSSR count). The minimum Gasteiger partial charge on any atom is -0.326 e. The van der Waals surface area contributed by atoms with Crippen LogP contribution in [0.1, 0.15) is 12.0 Å². The molecule has 0 fully saturated rings. The van der Waals surface area contributed by atoms with Crippen molar-refractivity contribution in [1.82, 2.24) is 14.5 Å². The van der Waals surface area contributed by atoms with E-state index >= 15 is 0 Å². The molecule has 1 aromatic carbocycles. The summed E-state index contributed by atoms with van der Waals surface area (Å²) in [7, 11) is -3.52. The van der Waals surface area contributed by atoms with Crippen LogP contribution in [-0.2, 0) is 23.1 Å². The average Bonchev–Trinajstić information content (AvgIpc) is 2.96. The molecule has 0 aliphatic carbocycles. The third-order valence-electron chi connectivity index (χ3n) is 2.94. The van der Waals surface area contributed by atoms with Gasteiger partial charge in [-0.05, 0) is 46.1 Å². The summed E-state index contributed by atoms with van der Waals surface area (Å²) < 4.78 is 29.3. The van der Waals surface area contributed by atoms with Crippen molar-refractivity contribution in [3.8, 4) is 0 Å². The molecule has 3 N–H and O–H groups in total. The monoisotopic (exact) mass is 372 g/mol. The molecule has 2 aromatic rings. The molecule has 8 heteroatoms. The number of hydrogen-bond acceptors (Lipinski definition) is 4. The van der Waals surface area contributed by atoms with Crippen LogP contribution in [0.15, 0.2) is 46.0 Å². The number of aromatic nitrogens is 2. The quantitative estimate of drug-likeness (QED) is 0.720. The highest BCUT2D eigenvalue weighted by molar-refractivity contribution is 9.10. The average molecular weight is 373 g/mol. The van der Waals surface area contributed by atoms with Crippen LogP contribution in [0, 0.1) is 0 Å². The second-order valence-electron chi connectivity index (χ2n) is 4.49. The van der Waals surface area contributed by atoms with E-state index in [2.05, 4.69) is 25.8 Å². The fraction of sp³-hybridized carbons (Fsp3) is 0.308. The summed E-state index contributed by atoms with van der Waals surface area (Å²) in [6.07, 6.45) is 4.20. The summed E-state index contributed by atoms with van der Waals surface area (Å²) in [5, 5.41) is 4.06. The molecule has 21 heavy (non-hydrogen) atoms. The predicted octanol–water partition coefficient (Wildman–Crippen LogP) is 1.47. The zero-order valence-electron chi connectivity index (χ0n) is 11.4. The van der Waals surface area contributed by atoms with Gasteiger partial charge in [-0.3, -0.25) is 4.68 Å². The summed E-state index contributed by atoms with van der Waals surface area (Å²) in [5.74, 6) is 0. The molecule has 0 atom stereocenters. The van der Waals surface area contributed by atoms with E-state index in [1.807, 2.05) is 12.3 Å². The Kier molecular flexibility index (Phi) is 5.51. The number of benzene rings is 1. The number of sulfonamides is 1. The second kappa shape index (κ2) is 7.17. The van der Waals surface area contributed by atoms with Gasteiger partial charge >= 0.3 is 0 Å². The van der Waals surface area contributed by atoms with Gasteiger partial charge in [0.2, 0.25) is 10.0 Å². The molecule has 0 aliphatic heterocycles. The van der Waals surface area contributed by atoms with Crippen molar-refractivity contribution < 1.29 is 8.42 Å². The van der Waals surface area contributed by atoms with Crippen LogP contribution >= 0.6 is 15.9 Å². The lowest BCUT2D eigenvalue weighted by Gasteiger charge is -2.09. The van der Waals surface area contributed by atoms with Gasteiger partial charge in [-0.25, -0.2) is 13.1 Å². The topological polar surface area (TPSA) is 90.0 Å². The Morgan fingerprint density at radius 3 is 2.81 bits per heavy atom. The minimum absolute atomic E-state index is 0.221. The number of nitrogens with two attached hydrogens (primary N) is 1. The first-order chi connectivity index (χ1) is 10.0. The summed E-state index contributed by atoms with van der Waals surface area (Å²) in [6, 6.07) is 6.82. The molecule has 1 heterocycles. The highest BCUT2D eigenvalue weighted by atomic mass is 79.9. The maximum absolute atomic E-state index is 12.2. The number of hydrogen-bond donors (Lipinski definition) is 2. The number of aryl methyl sites for hydroxylation is 1. The Bertz CT molecular complexity index is 686. The maximum atomic E-state index is 12.2. The Morgan fingerprint density at radius 2 is 2.19 bits per heavy atom. The fourth-order valence-corrected chi connectivity index (χ4v) is 4.04. The number of nitrogens with one attached hydrogen (secondary N) is 1. The van der Waals surface area contributed by atoms with E-state index in [1.165, 1.54) is 0 Å². The first-order valence-corrected chi connectivity index (χ1v) is 8.76. The van der Waals surface area contributed by atoms with E-state index in [-0.39, 0.29) is 4.90 Å². The normalized spacial score (nSPS) is 11.7. The van der Waals surface area contributed by atoms with Crippen molar-refractivity contribution in [1.29, 1.82) is 0 Å². The minimum atomic E-state index is -3.52. The summed E-state index contributed by atoms with van der Waals surface area (Å²) in [6.45, 7) is 1.40. The molecule has 0 saturated carbocycles. The molecular formula is C13H17BrN4O2S. The molecule has 0 saturated heterocycles. The summed E-state index contributed by atoms with van der Waals surface area (Å²) in [4.78, 5) is 0.221. The Morgan fingerprint density at radius 1 is 1.38 bits per heavy atom. The van der Waals surface area contributed by atoms with Crippen LogP contribution in [0.2, 0.25) is 0 Å². The molecule has 1 aromatic heterocycles. The Hall–Kier alpha value is -1.22. The van der Waals surface area contributed by atoms with Crippen molar-refractivity contribution in [2.45, 2.75) is 24.4 Å². The van der Waals surface area contributed by atoms with Crippen LogP contribution in [-0.4, -0.2) is 24.7 Å². The van der Waals surface area contributed by atoms with Gasteiger partial charge in [-0.15, -0.1) is 0 Å². The van der Waals surface area contributed by atoms with E-state index in [4.69, 9.17) is 5.73 Å². The standard InChI is InChI=1S/C13H17BrN4O2S/c14-12-9-11(10-15)3-4-13(12)21(19,20)17-6-2-8-18-7-1-5-16-18/h1,3-5,7,9,17H,2,6,8,10,15H2. The molecule has 114 valence electrons. The van der Waals surface area contributed by atoms with E-state index in [1.54, 1.807) is 29.1 Å².